The number of likely N-dealkylation sites (N-methyl/N-ethyl adjacent to an activating group) is 1. The summed E-state index contributed by atoms with van der Waals surface area (Å²) in [6.07, 6.45) is 0.178. The van der Waals surface area contributed by atoms with Gasteiger partial charge < -0.3 is 14.7 Å². The lowest BCUT2D eigenvalue weighted by Gasteiger charge is -2.16. The molecular formula is C20H23N5O3. The topological polar surface area (TPSA) is 93.3 Å². The normalized spacial score (nSPS) is 10.7. The first-order valence-corrected chi connectivity index (χ1v) is 8.93. The van der Waals surface area contributed by atoms with Crippen molar-refractivity contribution in [2.45, 2.75) is 27.2 Å². The smallest absolute Gasteiger partial charge is 0.245 e. The minimum absolute atomic E-state index is 0.0738. The second-order valence-electron chi connectivity index (χ2n) is 6.69. The minimum atomic E-state index is -0.336. The van der Waals surface area contributed by atoms with Gasteiger partial charge in [-0.15, -0.1) is 0 Å². The summed E-state index contributed by atoms with van der Waals surface area (Å²) in [7, 11) is 1.60. The maximum Gasteiger partial charge on any atom is 0.245 e. The van der Waals surface area contributed by atoms with Crippen LogP contribution in [-0.2, 0) is 16.0 Å². The van der Waals surface area contributed by atoms with E-state index in [1.165, 1.54) is 4.90 Å². The van der Waals surface area contributed by atoms with Gasteiger partial charge in [0.25, 0.3) is 0 Å². The third-order valence-corrected chi connectivity index (χ3v) is 4.47. The number of aromatic nitrogens is 3. The van der Waals surface area contributed by atoms with Gasteiger partial charge in [-0.2, -0.15) is 5.10 Å². The van der Waals surface area contributed by atoms with Gasteiger partial charge in [0, 0.05) is 24.4 Å². The fourth-order valence-electron chi connectivity index (χ4n) is 2.95. The van der Waals surface area contributed by atoms with E-state index >= 15 is 0 Å². The molecule has 0 fully saturated rings. The van der Waals surface area contributed by atoms with Crippen LogP contribution in [0.1, 0.15) is 22.7 Å². The van der Waals surface area contributed by atoms with Crippen molar-refractivity contribution < 1.29 is 14.1 Å². The fraction of sp³-hybridized carbons (Fsp3) is 0.300. The first-order valence-electron chi connectivity index (χ1n) is 8.93. The molecule has 8 nitrogen and oxygen atoms in total. The molecule has 0 saturated heterocycles. The number of aryl methyl sites for hydroxylation is 2. The summed E-state index contributed by atoms with van der Waals surface area (Å²) in [6, 6.07) is 11.4. The van der Waals surface area contributed by atoms with Crippen LogP contribution in [0.3, 0.4) is 0 Å². The van der Waals surface area contributed by atoms with E-state index in [0.717, 1.165) is 22.6 Å². The Balaban J connectivity index is 1.65. The van der Waals surface area contributed by atoms with Crippen molar-refractivity contribution in [3.63, 3.8) is 0 Å². The highest BCUT2D eigenvalue weighted by molar-refractivity contribution is 5.94. The molecule has 0 spiro atoms. The highest BCUT2D eigenvalue weighted by atomic mass is 16.5. The van der Waals surface area contributed by atoms with Crippen LogP contribution in [-0.4, -0.2) is 45.2 Å². The zero-order valence-electron chi connectivity index (χ0n) is 16.4. The van der Waals surface area contributed by atoms with Gasteiger partial charge in [-0.3, -0.25) is 9.59 Å². The maximum absolute atomic E-state index is 12.6. The van der Waals surface area contributed by atoms with Crippen LogP contribution in [0.15, 0.2) is 40.9 Å². The second-order valence-corrected chi connectivity index (χ2v) is 6.69. The van der Waals surface area contributed by atoms with E-state index in [9.17, 15) is 9.59 Å². The average molecular weight is 381 g/mol. The molecule has 0 aliphatic heterocycles. The van der Waals surface area contributed by atoms with E-state index in [4.69, 9.17) is 4.52 Å². The van der Waals surface area contributed by atoms with Crippen LogP contribution in [0.4, 0.5) is 5.82 Å². The molecule has 2 heterocycles. The number of hydrogen-bond acceptors (Lipinski definition) is 5. The number of para-hydroxylation sites is 1. The fourth-order valence-corrected chi connectivity index (χ4v) is 2.95. The first-order chi connectivity index (χ1) is 13.3. The van der Waals surface area contributed by atoms with Gasteiger partial charge in [0.1, 0.15) is 5.76 Å². The van der Waals surface area contributed by atoms with Crippen molar-refractivity contribution >= 4 is 17.6 Å². The molecule has 28 heavy (non-hydrogen) atoms. The van der Waals surface area contributed by atoms with E-state index in [-0.39, 0.29) is 24.8 Å². The molecule has 0 atom stereocenters. The summed E-state index contributed by atoms with van der Waals surface area (Å²) in [6.45, 7) is 5.48. The largest absolute Gasteiger partial charge is 0.360 e. The van der Waals surface area contributed by atoms with Crippen LogP contribution in [0, 0.1) is 20.8 Å². The van der Waals surface area contributed by atoms with E-state index in [1.807, 2.05) is 48.9 Å². The van der Waals surface area contributed by atoms with Gasteiger partial charge in [-0.1, -0.05) is 23.4 Å². The molecule has 146 valence electrons. The number of benzene rings is 1. The molecule has 0 unspecified atom stereocenters. The van der Waals surface area contributed by atoms with Gasteiger partial charge in [0.05, 0.1) is 24.3 Å². The number of anilines is 1. The van der Waals surface area contributed by atoms with E-state index < -0.39 is 0 Å². The number of rotatable bonds is 6. The number of carbonyl (C=O) groups is 2. The van der Waals surface area contributed by atoms with Crippen LogP contribution in [0.25, 0.3) is 5.69 Å². The number of nitrogens with one attached hydrogen (secondary N) is 1. The Labute approximate surface area is 163 Å². The summed E-state index contributed by atoms with van der Waals surface area (Å²) in [5.74, 6) is 0.433. The molecule has 2 amide bonds. The number of carbonyl (C=O) groups excluding carboxylic acids is 2. The number of amides is 2. The van der Waals surface area contributed by atoms with E-state index in [1.54, 1.807) is 20.0 Å². The third kappa shape index (κ3) is 4.28. The predicted molar refractivity (Wildman–Crippen MR) is 104 cm³/mol. The monoisotopic (exact) mass is 381 g/mol. The molecular weight excluding hydrogens is 358 g/mol. The molecule has 0 bridgehead atoms. The van der Waals surface area contributed by atoms with Crippen molar-refractivity contribution in [1.29, 1.82) is 0 Å². The molecule has 2 aromatic heterocycles. The van der Waals surface area contributed by atoms with Gasteiger partial charge in [-0.05, 0) is 32.9 Å². The van der Waals surface area contributed by atoms with Crippen molar-refractivity contribution in [2.75, 3.05) is 18.9 Å². The average Bonchev–Trinajstić information content (AvgIpc) is 3.19. The van der Waals surface area contributed by atoms with Crippen LogP contribution >= 0.6 is 0 Å². The quantitative estimate of drug-likeness (QED) is 0.708. The molecule has 0 radical (unpaired) electrons. The summed E-state index contributed by atoms with van der Waals surface area (Å²) in [5.41, 5.74) is 3.52. The van der Waals surface area contributed by atoms with Crippen LogP contribution < -0.4 is 5.32 Å². The lowest BCUT2D eigenvalue weighted by Crippen LogP contribution is -2.36. The SMILES string of the molecule is Cc1cc(NC(=O)CN(C)C(=O)Cc2c(C)nn(-c3ccccc3)c2C)no1. The molecule has 3 aromatic rings. The zero-order chi connectivity index (χ0) is 20.3. The molecule has 0 aliphatic rings. The minimum Gasteiger partial charge on any atom is -0.360 e. The second kappa shape index (κ2) is 8.08. The molecule has 8 heteroatoms. The third-order valence-electron chi connectivity index (χ3n) is 4.47. The molecule has 0 saturated carbocycles. The molecule has 0 aliphatic carbocycles. The van der Waals surface area contributed by atoms with Crippen molar-refractivity contribution in [3.8, 4) is 5.69 Å². The van der Waals surface area contributed by atoms with Gasteiger partial charge in [0.2, 0.25) is 11.8 Å². The lowest BCUT2D eigenvalue weighted by molar-refractivity contribution is -0.132. The van der Waals surface area contributed by atoms with Gasteiger partial charge in [-0.25, -0.2) is 4.68 Å². The number of hydrogen-bond donors (Lipinski definition) is 1. The van der Waals surface area contributed by atoms with Crippen molar-refractivity contribution in [3.05, 3.63) is 59.1 Å². The summed E-state index contributed by atoms with van der Waals surface area (Å²) in [5, 5.41) is 10.9. The molecule has 1 N–H and O–H groups in total. The molecule has 1 aromatic carbocycles. The lowest BCUT2D eigenvalue weighted by atomic mass is 10.1. The maximum atomic E-state index is 12.6. The number of nitrogens with zero attached hydrogens (tertiary/aromatic N) is 4. The molecule has 3 rings (SSSR count). The van der Waals surface area contributed by atoms with Crippen molar-refractivity contribution in [2.24, 2.45) is 0 Å². The van der Waals surface area contributed by atoms with E-state index in [2.05, 4.69) is 15.6 Å². The van der Waals surface area contributed by atoms with Gasteiger partial charge in [0.15, 0.2) is 5.82 Å². The highest BCUT2D eigenvalue weighted by Gasteiger charge is 2.20. The Kier molecular flexibility index (Phi) is 5.58. The van der Waals surface area contributed by atoms with Crippen molar-refractivity contribution in [1.82, 2.24) is 19.8 Å². The highest BCUT2D eigenvalue weighted by Crippen LogP contribution is 2.19. The van der Waals surface area contributed by atoms with Crippen LogP contribution in [0.2, 0.25) is 0 Å². The summed E-state index contributed by atoms with van der Waals surface area (Å²) < 4.78 is 6.74. The van der Waals surface area contributed by atoms with E-state index in [0.29, 0.717) is 11.6 Å². The Morgan fingerprint density at radius 2 is 1.89 bits per heavy atom. The van der Waals surface area contributed by atoms with Gasteiger partial charge >= 0.3 is 0 Å². The standard InChI is InChI=1S/C20H23N5O3/c1-13-10-18(23-28-13)21-19(26)12-24(4)20(27)11-17-14(2)22-25(15(17)3)16-8-6-5-7-9-16/h5-10H,11-12H2,1-4H3,(H,21,23,26). The Morgan fingerprint density at radius 3 is 2.54 bits per heavy atom. The first kappa shape index (κ1) is 19.3. The van der Waals surface area contributed by atoms with Crippen LogP contribution in [0.5, 0.6) is 0 Å². The Hall–Kier alpha value is -3.42. The zero-order valence-corrected chi connectivity index (χ0v) is 16.4. The predicted octanol–water partition coefficient (Wildman–Crippen LogP) is 2.43. The summed E-state index contributed by atoms with van der Waals surface area (Å²) in [4.78, 5) is 26.1. The Bertz CT molecular complexity index is 991. The Morgan fingerprint density at radius 1 is 1.18 bits per heavy atom. The summed E-state index contributed by atoms with van der Waals surface area (Å²) >= 11 is 0.